The minimum Gasteiger partial charge on any atom is -0.460 e. The van der Waals surface area contributed by atoms with Gasteiger partial charge in [-0.2, -0.15) is 5.26 Å². The van der Waals surface area contributed by atoms with Crippen LogP contribution in [-0.4, -0.2) is 5.97 Å². The summed E-state index contributed by atoms with van der Waals surface area (Å²) in [5.41, 5.74) is 0.955. The molecule has 1 aromatic rings. The molecule has 1 saturated carbocycles. The van der Waals surface area contributed by atoms with Gasteiger partial charge >= 0.3 is 5.97 Å². The number of hydrogen-bond acceptors (Lipinski definition) is 3. The van der Waals surface area contributed by atoms with Crippen LogP contribution in [-0.2, 0) is 16.1 Å². The second kappa shape index (κ2) is 6.94. The summed E-state index contributed by atoms with van der Waals surface area (Å²) < 4.78 is 5.27. The molecule has 0 N–H and O–H groups in total. The van der Waals surface area contributed by atoms with E-state index < -0.39 is 5.92 Å². The zero-order valence-corrected chi connectivity index (χ0v) is 11.0. The Hall–Kier alpha value is -1.82. The molecule has 100 valence electrons. The van der Waals surface area contributed by atoms with Crippen molar-refractivity contribution in [2.24, 2.45) is 11.8 Å². The van der Waals surface area contributed by atoms with Crippen LogP contribution in [0.2, 0.25) is 0 Å². The van der Waals surface area contributed by atoms with Crippen LogP contribution >= 0.6 is 0 Å². The average Bonchev–Trinajstić information content (AvgIpc) is 2.48. The third-order valence-corrected chi connectivity index (χ3v) is 3.74. The monoisotopic (exact) mass is 257 g/mol. The Bertz CT molecular complexity index is 444. The van der Waals surface area contributed by atoms with Gasteiger partial charge in [-0.05, 0) is 24.3 Å². The molecule has 2 rings (SSSR count). The van der Waals surface area contributed by atoms with Gasteiger partial charge in [0.2, 0.25) is 0 Å². The highest BCUT2D eigenvalue weighted by molar-refractivity contribution is 5.75. The fraction of sp³-hybridized carbons (Fsp3) is 0.500. The molecule has 0 amide bonds. The molecular weight excluding hydrogens is 238 g/mol. The van der Waals surface area contributed by atoms with Crippen LogP contribution in [0.1, 0.15) is 37.7 Å². The van der Waals surface area contributed by atoms with Crippen molar-refractivity contribution >= 4 is 5.97 Å². The van der Waals surface area contributed by atoms with E-state index in [4.69, 9.17) is 4.74 Å². The van der Waals surface area contributed by atoms with E-state index >= 15 is 0 Å². The molecule has 1 fully saturated rings. The summed E-state index contributed by atoms with van der Waals surface area (Å²) in [7, 11) is 0. The van der Waals surface area contributed by atoms with Crippen molar-refractivity contribution in [2.45, 2.75) is 38.7 Å². The van der Waals surface area contributed by atoms with E-state index in [-0.39, 0.29) is 18.5 Å². The van der Waals surface area contributed by atoms with Crippen molar-refractivity contribution in [1.82, 2.24) is 0 Å². The summed E-state index contributed by atoms with van der Waals surface area (Å²) in [6, 6.07) is 11.7. The molecule has 0 heterocycles. The van der Waals surface area contributed by atoms with Crippen molar-refractivity contribution in [1.29, 1.82) is 5.26 Å². The van der Waals surface area contributed by atoms with Gasteiger partial charge in [0, 0.05) is 0 Å². The number of benzene rings is 1. The predicted octanol–water partition coefficient (Wildman–Crippen LogP) is 3.45. The second-order valence-electron chi connectivity index (χ2n) is 5.10. The van der Waals surface area contributed by atoms with Gasteiger partial charge in [-0.25, -0.2) is 0 Å². The van der Waals surface area contributed by atoms with Crippen LogP contribution < -0.4 is 0 Å². The highest BCUT2D eigenvalue weighted by Crippen LogP contribution is 2.30. The molecule has 1 aliphatic carbocycles. The summed E-state index contributed by atoms with van der Waals surface area (Å²) >= 11 is 0. The third kappa shape index (κ3) is 3.82. The molecule has 0 spiro atoms. The fourth-order valence-electron chi connectivity index (χ4n) is 2.64. The summed E-state index contributed by atoms with van der Waals surface area (Å²) in [5, 5.41) is 9.20. The number of ether oxygens (including phenoxy) is 1. The molecule has 0 saturated heterocycles. The number of carbonyl (C=O) groups is 1. The summed E-state index contributed by atoms with van der Waals surface area (Å²) in [5.74, 6) is -0.774. The smallest absolute Gasteiger partial charge is 0.323 e. The van der Waals surface area contributed by atoms with E-state index in [1.54, 1.807) is 0 Å². The minimum absolute atomic E-state index is 0.182. The zero-order chi connectivity index (χ0) is 13.5. The Balaban J connectivity index is 1.88. The zero-order valence-electron chi connectivity index (χ0n) is 11.0. The lowest BCUT2D eigenvalue weighted by atomic mass is 9.80. The van der Waals surface area contributed by atoms with Gasteiger partial charge in [0.1, 0.15) is 12.5 Å². The number of carbonyl (C=O) groups excluding carboxylic acids is 1. The average molecular weight is 257 g/mol. The molecule has 1 aliphatic rings. The first-order valence-corrected chi connectivity index (χ1v) is 6.91. The first kappa shape index (κ1) is 13.6. The molecule has 19 heavy (non-hydrogen) atoms. The largest absolute Gasteiger partial charge is 0.460 e. The van der Waals surface area contributed by atoms with Gasteiger partial charge in [-0.3, -0.25) is 4.79 Å². The van der Waals surface area contributed by atoms with E-state index in [0.717, 1.165) is 31.2 Å². The van der Waals surface area contributed by atoms with Crippen molar-refractivity contribution in [3.8, 4) is 6.07 Å². The Morgan fingerprint density at radius 1 is 1.26 bits per heavy atom. The maximum absolute atomic E-state index is 12.0. The van der Waals surface area contributed by atoms with Crippen molar-refractivity contribution in [3.05, 3.63) is 35.9 Å². The van der Waals surface area contributed by atoms with Gasteiger partial charge in [0.25, 0.3) is 0 Å². The molecule has 1 aromatic carbocycles. The highest BCUT2D eigenvalue weighted by atomic mass is 16.5. The molecule has 0 radical (unpaired) electrons. The molecule has 1 atom stereocenters. The van der Waals surface area contributed by atoms with Gasteiger partial charge in [-0.1, -0.05) is 49.6 Å². The lowest BCUT2D eigenvalue weighted by Gasteiger charge is -2.24. The topological polar surface area (TPSA) is 50.1 Å². The van der Waals surface area contributed by atoms with Crippen LogP contribution in [0.4, 0.5) is 0 Å². The standard InChI is InChI=1S/C16H19NO2/c17-11-15(14-9-5-2-6-10-14)16(18)19-12-13-7-3-1-4-8-13/h1,3-4,7-8,14-15H,2,5-6,9-10,12H2. The maximum atomic E-state index is 12.0. The SMILES string of the molecule is N#CC(C(=O)OCc1ccccc1)C1CCCCC1. The molecular formula is C16H19NO2. The van der Waals surface area contributed by atoms with Gasteiger partial charge in [0.15, 0.2) is 0 Å². The quantitative estimate of drug-likeness (QED) is 0.776. The minimum atomic E-state index is -0.594. The third-order valence-electron chi connectivity index (χ3n) is 3.74. The Labute approximate surface area is 114 Å². The van der Waals surface area contributed by atoms with Gasteiger partial charge < -0.3 is 4.74 Å². The van der Waals surface area contributed by atoms with Crippen LogP contribution in [0.15, 0.2) is 30.3 Å². The first-order chi connectivity index (χ1) is 9.31. The lowest BCUT2D eigenvalue weighted by molar-refractivity contribution is -0.149. The van der Waals surface area contributed by atoms with E-state index in [1.165, 1.54) is 6.42 Å². The molecule has 3 heteroatoms. The second-order valence-corrected chi connectivity index (χ2v) is 5.10. The predicted molar refractivity (Wildman–Crippen MR) is 71.9 cm³/mol. The summed E-state index contributed by atoms with van der Waals surface area (Å²) in [4.78, 5) is 12.0. The number of nitriles is 1. The van der Waals surface area contributed by atoms with E-state index in [9.17, 15) is 10.1 Å². The molecule has 0 bridgehead atoms. The summed E-state index contributed by atoms with van der Waals surface area (Å²) in [6.07, 6.45) is 5.40. The van der Waals surface area contributed by atoms with Crippen LogP contribution in [0.25, 0.3) is 0 Å². The molecule has 3 nitrogen and oxygen atoms in total. The number of rotatable bonds is 4. The lowest BCUT2D eigenvalue weighted by Crippen LogP contribution is -2.26. The van der Waals surface area contributed by atoms with Crippen molar-refractivity contribution in [3.63, 3.8) is 0 Å². The summed E-state index contributed by atoms with van der Waals surface area (Å²) in [6.45, 7) is 0.255. The Morgan fingerprint density at radius 3 is 2.58 bits per heavy atom. The normalized spacial score (nSPS) is 17.4. The van der Waals surface area contributed by atoms with Crippen molar-refractivity contribution < 1.29 is 9.53 Å². The van der Waals surface area contributed by atoms with Crippen LogP contribution in [0, 0.1) is 23.2 Å². The number of hydrogen-bond donors (Lipinski definition) is 0. The van der Waals surface area contributed by atoms with Crippen LogP contribution in [0.3, 0.4) is 0 Å². The van der Waals surface area contributed by atoms with Crippen LogP contribution in [0.5, 0.6) is 0 Å². The van der Waals surface area contributed by atoms with E-state index in [1.807, 2.05) is 30.3 Å². The molecule has 0 aliphatic heterocycles. The highest BCUT2D eigenvalue weighted by Gasteiger charge is 2.30. The molecule has 0 aromatic heterocycles. The van der Waals surface area contributed by atoms with Gasteiger partial charge in [0.05, 0.1) is 6.07 Å². The van der Waals surface area contributed by atoms with Gasteiger partial charge in [-0.15, -0.1) is 0 Å². The Morgan fingerprint density at radius 2 is 1.95 bits per heavy atom. The maximum Gasteiger partial charge on any atom is 0.323 e. The number of esters is 1. The molecule has 1 unspecified atom stereocenters. The Kier molecular flexibility index (Phi) is 4.97. The van der Waals surface area contributed by atoms with E-state index in [0.29, 0.717) is 0 Å². The first-order valence-electron chi connectivity index (χ1n) is 6.91. The fourth-order valence-corrected chi connectivity index (χ4v) is 2.64. The van der Waals surface area contributed by atoms with Crippen molar-refractivity contribution in [2.75, 3.05) is 0 Å². The number of nitrogens with zero attached hydrogens (tertiary/aromatic N) is 1. The van der Waals surface area contributed by atoms with E-state index in [2.05, 4.69) is 6.07 Å².